The van der Waals surface area contributed by atoms with Crippen LogP contribution >= 0.6 is 0 Å². The number of carbonyl (C=O) groups excluding carboxylic acids is 2. The maximum Gasteiger partial charge on any atom is 0.189 e. The molecule has 6 nitrogen and oxygen atoms in total. The summed E-state index contributed by atoms with van der Waals surface area (Å²) in [6.07, 6.45) is 1.77. The lowest BCUT2D eigenvalue weighted by Crippen LogP contribution is -2.29. The van der Waals surface area contributed by atoms with E-state index < -0.39 is 17.7 Å². The van der Waals surface area contributed by atoms with E-state index in [2.05, 4.69) is 9.78 Å². The van der Waals surface area contributed by atoms with E-state index >= 15 is 0 Å². The summed E-state index contributed by atoms with van der Waals surface area (Å²) in [6, 6.07) is 0. The van der Waals surface area contributed by atoms with Gasteiger partial charge in [-0.3, -0.25) is 0 Å². The second-order valence-corrected chi connectivity index (χ2v) is 2.37. The van der Waals surface area contributed by atoms with Crippen molar-refractivity contribution in [1.82, 2.24) is 0 Å². The van der Waals surface area contributed by atoms with Crippen molar-refractivity contribution < 1.29 is 29.6 Å². The molecule has 0 bridgehead atoms. The van der Waals surface area contributed by atoms with Gasteiger partial charge in [-0.25, -0.2) is 0 Å². The molecule has 0 saturated carbocycles. The third-order valence-corrected chi connectivity index (χ3v) is 1.18. The molecule has 0 aliphatic heterocycles. The molecule has 80 valence electrons. The summed E-state index contributed by atoms with van der Waals surface area (Å²) < 4.78 is 0. The van der Waals surface area contributed by atoms with Crippen LogP contribution in [-0.4, -0.2) is 18.5 Å². The lowest BCUT2D eigenvalue weighted by atomic mass is 10.4. The molecule has 0 atom stereocenters. The van der Waals surface area contributed by atoms with Crippen LogP contribution < -0.4 is 10.2 Å². The number of aliphatic carboxylic acids is 2. The van der Waals surface area contributed by atoms with Gasteiger partial charge in [-0.15, -0.1) is 0 Å². The molecule has 0 aromatic carbocycles. The Hall–Kier alpha value is -1.56. The number of unbranched alkanes of at least 4 members (excludes halogenated alkanes) is 1. The van der Waals surface area contributed by atoms with Crippen LogP contribution in [0.15, 0.2) is 11.8 Å². The first-order chi connectivity index (χ1) is 6.57. The SMILES string of the molecule is CCCCOO/C(=C/C(=O)[O-])C(=O)[O-]. The summed E-state index contributed by atoms with van der Waals surface area (Å²) >= 11 is 0. The summed E-state index contributed by atoms with van der Waals surface area (Å²) in [6.45, 7) is 2.08. The molecule has 0 aliphatic carbocycles. The molecule has 0 saturated heterocycles. The van der Waals surface area contributed by atoms with Gasteiger partial charge in [0.25, 0.3) is 0 Å². The Bertz CT molecular complexity index is 232. The van der Waals surface area contributed by atoms with E-state index in [9.17, 15) is 19.8 Å². The number of carboxylic acids is 2. The molecule has 0 rings (SSSR count). The van der Waals surface area contributed by atoms with Crippen molar-refractivity contribution >= 4 is 11.9 Å². The van der Waals surface area contributed by atoms with Crippen molar-refractivity contribution in [2.75, 3.05) is 6.61 Å². The first-order valence-corrected chi connectivity index (χ1v) is 4.01. The first-order valence-electron chi connectivity index (χ1n) is 4.01. The average Bonchev–Trinajstić information content (AvgIpc) is 2.09. The van der Waals surface area contributed by atoms with Crippen molar-refractivity contribution in [2.24, 2.45) is 0 Å². The monoisotopic (exact) mass is 202 g/mol. The topological polar surface area (TPSA) is 98.7 Å². The first kappa shape index (κ1) is 12.4. The van der Waals surface area contributed by atoms with Gasteiger partial charge in [0.1, 0.15) is 5.97 Å². The summed E-state index contributed by atoms with van der Waals surface area (Å²) in [5.41, 5.74) is 0. The number of carbonyl (C=O) groups is 2. The van der Waals surface area contributed by atoms with Crippen molar-refractivity contribution in [3.05, 3.63) is 11.8 Å². The van der Waals surface area contributed by atoms with Crippen LogP contribution in [0.3, 0.4) is 0 Å². The minimum Gasteiger partial charge on any atom is -0.545 e. The van der Waals surface area contributed by atoms with E-state index in [4.69, 9.17) is 0 Å². The quantitative estimate of drug-likeness (QED) is 0.157. The van der Waals surface area contributed by atoms with E-state index in [1.807, 2.05) is 6.92 Å². The van der Waals surface area contributed by atoms with Crippen molar-refractivity contribution in [3.63, 3.8) is 0 Å². The summed E-state index contributed by atoms with van der Waals surface area (Å²) in [7, 11) is 0. The van der Waals surface area contributed by atoms with E-state index in [0.29, 0.717) is 6.42 Å². The zero-order valence-electron chi connectivity index (χ0n) is 7.65. The van der Waals surface area contributed by atoms with Gasteiger partial charge in [-0.05, 0) is 6.42 Å². The Morgan fingerprint density at radius 3 is 2.43 bits per heavy atom. The van der Waals surface area contributed by atoms with Gasteiger partial charge < -0.3 is 24.7 Å². The molecule has 0 heterocycles. The van der Waals surface area contributed by atoms with Crippen LogP contribution in [0.2, 0.25) is 0 Å². The summed E-state index contributed by atoms with van der Waals surface area (Å²) in [4.78, 5) is 28.8. The molecule has 6 heteroatoms. The molecular formula is C8H10O6-2. The molecule has 0 amide bonds. The average molecular weight is 202 g/mol. The molecule has 0 N–H and O–H groups in total. The maximum absolute atomic E-state index is 10.2. The highest BCUT2D eigenvalue weighted by Gasteiger charge is 2.00. The van der Waals surface area contributed by atoms with Gasteiger partial charge in [-0.2, -0.15) is 4.89 Å². The Labute approximate surface area is 80.7 Å². The van der Waals surface area contributed by atoms with Crippen molar-refractivity contribution in [3.8, 4) is 0 Å². The number of carboxylic acid groups (broad SMARTS) is 2. The molecule has 14 heavy (non-hydrogen) atoms. The third kappa shape index (κ3) is 6.01. The minimum atomic E-state index is -1.77. The Morgan fingerprint density at radius 1 is 1.36 bits per heavy atom. The largest absolute Gasteiger partial charge is 0.545 e. The van der Waals surface area contributed by atoms with Gasteiger partial charge in [-0.1, -0.05) is 13.3 Å². The van der Waals surface area contributed by atoms with Gasteiger partial charge in [0.05, 0.1) is 12.6 Å². The zero-order valence-corrected chi connectivity index (χ0v) is 7.65. The van der Waals surface area contributed by atoms with Gasteiger partial charge in [0, 0.05) is 6.08 Å². The van der Waals surface area contributed by atoms with E-state index in [1.54, 1.807) is 0 Å². The fraction of sp³-hybridized carbons (Fsp3) is 0.500. The van der Waals surface area contributed by atoms with Crippen LogP contribution in [-0.2, 0) is 19.4 Å². The number of hydrogen-bond acceptors (Lipinski definition) is 6. The third-order valence-electron chi connectivity index (χ3n) is 1.18. The van der Waals surface area contributed by atoms with Crippen LogP contribution in [0.4, 0.5) is 0 Å². The van der Waals surface area contributed by atoms with Crippen LogP contribution in [0.1, 0.15) is 19.8 Å². The predicted octanol–water partition coefficient (Wildman–Crippen LogP) is -1.88. The molecular weight excluding hydrogens is 192 g/mol. The van der Waals surface area contributed by atoms with E-state index in [1.165, 1.54) is 0 Å². The molecule has 0 fully saturated rings. The van der Waals surface area contributed by atoms with Crippen LogP contribution in [0.5, 0.6) is 0 Å². The Morgan fingerprint density at radius 2 is 2.00 bits per heavy atom. The highest BCUT2D eigenvalue weighted by Crippen LogP contribution is 1.98. The standard InChI is InChI=1S/C8H12O6/c1-2-3-4-13-14-6(8(11)12)5-7(9)10/h5H,2-4H2,1H3,(H,9,10)(H,11,12)/p-2/b6-5+. The second kappa shape index (κ2) is 6.90. The van der Waals surface area contributed by atoms with Gasteiger partial charge >= 0.3 is 0 Å². The van der Waals surface area contributed by atoms with Crippen LogP contribution in [0, 0.1) is 0 Å². The summed E-state index contributed by atoms with van der Waals surface area (Å²) in [5, 5.41) is 20.2. The normalized spacial score (nSPS) is 11.1. The molecule has 0 spiro atoms. The molecule has 0 radical (unpaired) electrons. The van der Waals surface area contributed by atoms with E-state index in [-0.39, 0.29) is 12.7 Å². The molecule has 0 aromatic heterocycles. The molecule has 0 aromatic rings. The van der Waals surface area contributed by atoms with Gasteiger partial charge in [0.15, 0.2) is 5.76 Å². The smallest absolute Gasteiger partial charge is 0.189 e. The fourth-order valence-corrected chi connectivity index (χ4v) is 0.532. The summed E-state index contributed by atoms with van der Waals surface area (Å²) in [5.74, 6) is -4.38. The van der Waals surface area contributed by atoms with E-state index in [0.717, 1.165) is 6.42 Å². The minimum absolute atomic E-state index is 0.175. The maximum atomic E-state index is 10.2. The molecule has 0 unspecified atom stereocenters. The van der Waals surface area contributed by atoms with Gasteiger partial charge in [0.2, 0.25) is 0 Å². The fourth-order valence-electron chi connectivity index (χ4n) is 0.532. The lowest BCUT2D eigenvalue weighted by Gasteiger charge is -2.09. The highest BCUT2D eigenvalue weighted by molar-refractivity contribution is 5.90. The Balaban J connectivity index is 3.99. The van der Waals surface area contributed by atoms with Crippen molar-refractivity contribution in [2.45, 2.75) is 19.8 Å². The van der Waals surface area contributed by atoms with Crippen LogP contribution in [0.25, 0.3) is 0 Å². The zero-order chi connectivity index (χ0) is 11.0. The predicted molar refractivity (Wildman–Crippen MR) is 40.0 cm³/mol. The number of hydrogen-bond donors (Lipinski definition) is 0. The second-order valence-electron chi connectivity index (χ2n) is 2.37. The molecule has 0 aliphatic rings. The highest BCUT2D eigenvalue weighted by atomic mass is 17.2. The lowest BCUT2D eigenvalue weighted by molar-refractivity contribution is -0.325. The Kier molecular flexibility index (Phi) is 6.13. The number of rotatable bonds is 7. The van der Waals surface area contributed by atoms with Crippen molar-refractivity contribution in [1.29, 1.82) is 0 Å².